The van der Waals surface area contributed by atoms with E-state index in [2.05, 4.69) is 22.8 Å². The normalized spacial score (nSPS) is 27.2. The average Bonchev–Trinajstić information content (AvgIpc) is 3.11. The first-order valence-corrected chi connectivity index (χ1v) is 8.78. The van der Waals surface area contributed by atoms with E-state index in [1.54, 1.807) is 17.4 Å². The lowest BCUT2D eigenvalue weighted by atomic mass is 9.95. The van der Waals surface area contributed by atoms with Crippen LogP contribution in [-0.2, 0) is 9.84 Å². The van der Waals surface area contributed by atoms with E-state index in [9.17, 15) is 8.42 Å². The zero-order chi connectivity index (χ0) is 13.0. The lowest BCUT2D eigenvalue weighted by Crippen LogP contribution is -2.22. The molecule has 3 nitrogen and oxygen atoms in total. The largest absolute Gasteiger partial charge is 0.315 e. The smallest absolute Gasteiger partial charge is 0.183 e. The van der Waals surface area contributed by atoms with Crippen molar-refractivity contribution in [3.63, 3.8) is 0 Å². The first-order valence-electron chi connectivity index (χ1n) is 6.29. The van der Waals surface area contributed by atoms with Crippen LogP contribution in [0.3, 0.4) is 0 Å². The topological polar surface area (TPSA) is 46.2 Å². The first-order chi connectivity index (χ1) is 9.18. The van der Waals surface area contributed by atoms with Gasteiger partial charge in [-0.1, -0.05) is 6.07 Å². The Morgan fingerprint density at radius 2 is 2.05 bits per heavy atom. The fraction of sp³-hybridized carbons (Fsp3) is 0.286. The number of nitrogens with one attached hydrogen (secondary N) is 1. The second-order valence-corrected chi connectivity index (χ2v) is 8.03. The van der Waals surface area contributed by atoms with Crippen LogP contribution in [0.1, 0.15) is 11.5 Å². The molecule has 2 aromatic rings. The molecular weight excluding hydrogens is 278 g/mol. The molecule has 4 rings (SSSR count). The van der Waals surface area contributed by atoms with Crippen molar-refractivity contribution in [3.05, 3.63) is 40.6 Å². The summed E-state index contributed by atoms with van der Waals surface area (Å²) in [5.74, 6) is 0.124. The van der Waals surface area contributed by atoms with E-state index in [4.69, 9.17) is 0 Å². The fourth-order valence-corrected chi connectivity index (χ4v) is 5.96. The van der Waals surface area contributed by atoms with Crippen molar-refractivity contribution in [1.82, 2.24) is 5.32 Å². The van der Waals surface area contributed by atoms with E-state index in [1.807, 2.05) is 11.4 Å². The monoisotopic (exact) mass is 291 g/mol. The van der Waals surface area contributed by atoms with Gasteiger partial charge in [0.05, 0.1) is 10.1 Å². The van der Waals surface area contributed by atoms with Gasteiger partial charge in [-0.25, -0.2) is 8.42 Å². The van der Waals surface area contributed by atoms with E-state index in [0.29, 0.717) is 11.4 Å². The molecule has 0 aliphatic carbocycles. The third kappa shape index (κ3) is 1.55. The minimum atomic E-state index is -3.13. The molecule has 1 fully saturated rings. The van der Waals surface area contributed by atoms with E-state index in [1.165, 1.54) is 5.56 Å². The van der Waals surface area contributed by atoms with Crippen LogP contribution >= 0.6 is 11.3 Å². The number of fused-ring (bicyclic) bond motifs is 3. The van der Waals surface area contributed by atoms with E-state index >= 15 is 0 Å². The van der Waals surface area contributed by atoms with Crippen molar-refractivity contribution >= 4 is 21.2 Å². The van der Waals surface area contributed by atoms with Crippen molar-refractivity contribution in [2.24, 2.45) is 0 Å². The maximum atomic E-state index is 12.4. The summed E-state index contributed by atoms with van der Waals surface area (Å²) in [6.07, 6.45) is 0. The Balaban J connectivity index is 1.92. The molecular formula is C14H13NO2S2. The molecule has 0 amide bonds. The molecule has 0 bridgehead atoms. The highest BCUT2D eigenvalue weighted by atomic mass is 32.2. The van der Waals surface area contributed by atoms with Crippen molar-refractivity contribution in [1.29, 1.82) is 0 Å². The quantitative estimate of drug-likeness (QED) is 0.876. The van der Waals surface area contributed by atoms with Crippen molar-refractivity contribution in [2.45, 2.75) is 16.1 Å². The van der Waals surface area contributed by atoms with E-state index in [-0.39, 0.29) is 11.2 Å². The molecule has 1 N–H and O–H groups in total. The third-order valence-corrected chi connectivity index (χ3v) is 7.09. The summed E-state index contributed by atoms with van der Waals surface area (Å²) in [5.41, 5.74) is 3.28. The Morgan fingerprint density at radius 3 is 2.84 bits per heavy atom. The molecule has 0 saturated carbocycles. The third-order valence-electron chi connectivity index (χ3n) is 4.13. The van der Waals surface area contributed by atoms with E-state index < -0.39 is 9.84 Å². The van der Waals surface area contributed by atoms with Crippen LogP contribution in [0.4, 0.5) is 0 Å². The Morgan fingerprint density at radius 1 is 1.16 bits per heavy atom. The molecule has 5 heteroatoms. The summed E-state index contributed by atoms with van der Waals surface area (Å²) in [6.45, 7) is 1.35. The van der Waals surface area contributed by atoms with Gasteiger partial charge >= 0.3 is 0 Å². The minimum absolute atomic E-state index is 0.124. The summed E-state index contributed by atoms with van der Waals surface area (Å²) < 4.78 is 24.9. The number of sulfone groups is 1. The van der Waals surface area contributed by atoms with Gasteiger partial charge in [0.1, 0.15) is 0 Å². The molecule has 1 aromatic carbocycles. The van der Waals surface area contributed by atoms with Crippen molar-refractivity contribution in [2.75, 3.05) is 13.1 Å². The highest BCUT2D eigenvalue weighted by Gasteiger charge is 2.47. The average molecular weight is 291 g/mol. The van der Waals surface area contributed by atoms with Gasteiger partial charge in [0.2, 0.25) is 0 Å². The van der Waals surface area contributed by atoms with Gasteiger partial charge in [-0.05, 0) is 45.6 Å². The number of hydrogen-bond acceptors (Lipinski definition) is 4. The SMILES string of the molecule is O=S1(=O)c2ccc(-c3ccsc3)cc2[C@@H]2CNC[C@@H]21. The van der Waals surface area contributed by atoms with Crippen LogP contribution in [0, 0.1) is 0 Å². The Hall–Kier alpha value is -1.17. The lowest BCUT2D eigenvalue weighted by molar-refractivity contribution is 0.587. The van der Waals surface area contributed by atoms with Crippen LogP contribution in [-0.4, -0.2) is 26.8 Å². The number of benzene rings is 1. The molecule has 2 aliphatic heterocycles. The van der Waals surface area contributed by atoms with Gasteiger partial charge in [-0.15, -0.1) is 0 Å². The van der Waals surface area contributed by atoms with Crippen molar-refractivity contribution < 1.29 is 8.42 Å². The minimum Gasteiger partial charge on any atom is -0.315 e. The van der Waals surface area contributed by atoms with Gasteiger partial charge in [-0.2, -0.15) is 11.3 Å². The fourth-order valence-electron chi connectivity index (χ4n) is 3.16. The standard InChI is InChI=1S/C14H13NO2S2/c16-19(17)13-2-1-9(10-3-4-18-8-10)5-11(13)12-6-15-7-14(12)19/h1-5,8,12,14-15H,6-7H2/t12-,14-/m0/s1. The summed E-state index contributed by atoms with van der Waals surface area (Å²) in [5, 5.41) is 7.07. The Labute approximate surface area is 116 Å². The lowest BCUT2D eigenvalue weighted by Gasteiger charge is -2.07. The predicted octanol–water partition coefficient (Wildman–Crippen LogP) is 2.26. The zero-order valence-electron chi connectivity index (χ0n) is 10.2. The van der Waals surface area contributed by atoms with Crippen molar-refractivity contribution in [3.8, 4) is 11.1 Å². The number of thiophene rings is 1. The molecule has 1 saturated heterocycles. The van der Waals surface area contributed by atoms with Crippen LogP contribution in [0.25, 0.3) is 11.1 Å². The summed E-state index contributed by atoms with van der Waals surface area (Å²) in [6, 6.07) is 7.84. The number of hydrogen-bond donors (Lipinski definition) is 1. The molecule has 19 heavy (non-hydrogen) atoms. The molecule has 1 aromatic heterocycles. The summed E-state index contributed by atoms with van der Waals surface area (Å²) >= 11 is 1.66. The van der Waals surface area contributed by atoms with Crippen LogP contribution in [0.5, 0.6) is 0 Å². The molecule has 2 atom stereocenters. The Bertz CT molecular complexity index is 735. The second kappa shape index (κ2) is 3.91. The van der Waals surface area contributed by atoms with Gasteiger partial charge in [-0.3, -0.25) is 0 Å². The van der Waals surface area contributed by atoms with Gasteiger partial charge in [0.25, 0.3) is 0 Å². The summed E-state index contributed by atoms with van der Waals surface area (Å²) in [4.78, 5) is 0.544. The van der Waals surface area contributed by atoms with Crippen LogP contribution < -0.4 is 5.32 Å². The molecule has 3 heterocycles. The zero-order valence-corrected chi connectivity index (χ0v) is 11.8. The maximum absolute atomic E-state index is 12.4. The maximum Gasteiger partial charge on any atom is 0.183 e. The highest BCUT2D eigenvalue weighted by Crippen LogP contribution is 2.43. The molecule has 0 spiro atoms. The van der Waals surface area contributed by atoms with Crippen LogP contribution in [0.15, 0.2) is 39.9 Å². The molecule has 98 valence electrons. The molecule has 0 unspecified atom stereocenters. The summed E-state index contributed by atoms with van der Waals surface area (Å²) in [7, 11) is -3.13. The predicted molar refractivity (Wildman–Crippen MR) is 76.3 cm³/mol. The highest BCUT2D eigenvalue weighted by molar-refractivity contribution is 7.92. The first kappa shape index (κ1) is 11.6. The molecule has 2 aliphatic rings. The number of rotatable bonds is 1. The van der Waals surface area contributed by atoms with Gasteiger partial charge in [0.15, 0.2) is 9.84 Å². The van der Waals surface area contributed by atoms with Crippen LogP contribution in [0.2, 0.25) is 0 Å². The van der Waals surface area contributed by atoms with Gasteiger partial charge < -0.3 is 5.32 Å². The second-order valence-electron chi connectivity index (χ2n) is 5.11. The Kier molecular flexibility index (Phi) is 2.40. The van der Waals surface area contributed by atoms with Gasteiger partial charge in [0, 0.05) is 19.0 Å². The van der Waals surface area contributed by atoms with E-state index in [0.717, 1.165) is 17.7 Å². The molecule has 0 radical (unpaired) electrons.